The molecule has 0 saturated heterocycles. The van der Waals surface area contributed by atoms with Crippen LogP contribution in [0.15, 0.2) is 218 Å². The fraction of sp³-hybridized carbons (Fsp3) is 0. The molecule has 0 aliphatic rings. The first kappa shape index (κ1) is 32.2. The summed E-state index contributed by atoms with van der Waals surface area (Å²) in [6.45, 7) is 0. The Labute approximate surface area is 326 Å². The molecule has 0 bridgehead atoms. The van der Waals surface area contributed by atoms with Crippen LogP contribution in [-0.4, -0.2) is 0 Å². The molecular formula is C56H36. The first-order valence-electron chi connectivity index (χ1n) is 19.4. The van der Waals surface area contributed by atoms with Crippen molar-refractivity contribution in [2.75, 3.05) is 0 Å². The normalized spacial score (nSPS) is 11.6. The molecule has 0 N–H and O–H groups in total. The first-order chi connectivity index (χ1) is 27.8. The Morgan fingerprint density at radius 2 is 0.518 bits per heavy atom. The van der Waals surface area contributed by atoms with E-state index in [2.05, 4.69) is 218 Å². The van der Waals surface area contributed by atoms with Gasteiger partial charge in [0.25, 0.3) is 0 Å². The number of benzene rings is 11. The van der Waals surface area contributed by atoms with E-state index >= 15 is 0 Å². The molecule has 56 heavy (non-hydrogen) atoms. The number of hydrogen-bond acceptors (Lipinski definition) is 0. The van der Waals surface area contributed by atoms with Gasteiger partial charge >= 0.3 is 0 Å². The van der Waals surface area contributed by atoms with Crippen LogP contribution in [-0.2, 0) is 0 Å². The lowest BCUT2D eigenvalue weighted by atomic mass is 9.80. The molecule has 0 aromatic heterocycles. The Morgan fingerprint density at radius 3 is 1.00 bits per heavy atom. The van der Waals surface area contributed by atoms with Crippen molar-refractivity contribution < 1.29 is 0 Å². The zero-order valence-corrected chi connectivity index (χ0v) is 30.8. The van der Waals surface area contributed by atoms with Crippen molar-refractivity contribution in [2.24, 2.45) is 0 Å². The van der Waals surface area contributed by atoms with Crippen molar-refractivity contribution in [3.8, 4) is 55.6 Å². The molecule has 0 radical (unpaired) electrons. The van der Waals surface area contributed by atoms with Gasteiger partial charge in [-0.2, -0.15) is 0 Å². The second-order valence-electron chi connectivity index (χ2n) is 14.7. The monoisotopic (exact) mass is 708 g/mol. The summed E-state index contributed by atoms with van der Waals surface area (Å²) < 4.78 is 0. The van der Waals surface area contributed by atoms with Gasteiger partial charge in [-0.1, -0.05) is 206 Å². The predicted molar refractivity (Wildman–Crippen MR) is 241 cm³/mol. The summed E-state index contributed by atoms with van der Waals surface area (Å²) in [4.78, 5) is 0. The van der Waals surface area contributed by atoms with Gasteiger partial charge in [-0.25, -0.2) is 0 Å². The number of hydrogen-bond donors (Lipinski definition) is 0. The van der Waals surface area contributed by atoms with E-state index in [-0.39, 0.29) is 0 Å². The van der Waals surface area contributed by atoms with Crippen molar-refractivity contribution in [2.45, 2.75) is 0 Å². The quantitative estimate of drug-likeness (QED) is 0.156. The smallest absolute Gasteiger partial charge is 0.00139 e. The van der Waals surface area contributed by atoms with E-state index in [1.54, 1.807) is 0 Å². The molecule has 11 aromatic carbocycles. The molecule has 0 heterocycles. The standard InChI is InChI=1S/C56H36/c1-3-17-37(18-4-1)39-31-32-41-36-42(34-33-40(41)35-39)53-45-23-9-13-27-49(45)55(50-28-14-10-24-46(50)53)56-51-29-15-11-25-47(51)54(48-26-12-16-30-52(48)56)44-22-8-7-21-43(44)38-19-5-2-6-20-38/h1-36H. The summed E-state index contributed by atoms with van der Waals surface area (Å²) >= 11 is 0. The zero-order valence-electron chi connectivity index (χ0n) is 30.8. The van der Waals surface area contributed by atoms with Crippen LogP contribution >= 0.6 is 0 Å². The fourth-order valence-electron chi connectivity index (χ4n) is 9.18. The highest BCUT2D eigenvalue weighted by molar-refractivity contribution is 6.30. The molecule has 0 nitrogen and oxygen atoms in total. The van der Waals surface area contributed by atoms with Crippen LogP contribution in [0.1, 0.15) is 0 Å². The minimum Gasteiger partial charge on any atom is -0.0622 e. The molecule has 11 aromatic rings. The zero-order chi connectivity index (χ0) is 37.0. The second kappa shape index (κ2) is 13.2. The molecule has 0 spiro atoms. The summed E-state index contributed by atoms with van der Waals surface area (Å²) in [5.74, 6) is 0. The van der Waals surface area contributed by atoms with Crippen LogP contribution in [0, 0.1) is 0 Å². The van der Waals surface area contributed by atoms with Crippen molar-refractivity contribution in [3.63, 3.8) is 0 Å². The maximum Gasteiger partial charge on any atom is -0.00139 e. The summed E-state index contributed by atoms with van der Waals surface area (Å²) in [5, 5.41) is 12.5. The molecule has 0 heteroatoms. The number of rotatable bonds is 5. The summed E-state index contributed by atoms with van der Waals surface area (Å²) in [5.41, 5.74) is 12.5. The van der Waals surface area contributed by atoms with Crippen LogP contribution in [0.2, 0.25) is 0 Å². The third-order valence-corrected chi connectivity index (χ3v) is 11.6. The lowest BCUT2D eigenvalue weighted by molar-refractivity contribution is 1.61. The van der Waals surface area contributed by atoms with Crippen molar-refractivity contribution in [1.29, 1.82) is 0 Å². The predicted octanol–water partition coefficient (Wildman–Crippen LogP) is 15.8. The van der Waals surface area contributed by atoms with E-state index in [1.807, 2.05) is 0 Å². The molecule has 0 aliphatic carbocycles. The van der Waals surface area contributed by atoms with Gasteiger partial charge < -0.3 is 0 Å². The van der Waals surface area contributed by atoms with Gasteiger partial charge in [-0.15, -0.1) is 0 Å². The molecule has 0 aliphatic heterocycles. The molecule has 0 fully saturated rings. The fourth-order valence-corrected chi connectivity index (χ4v) is 9.18. The summed E-state index contributed by atoms with van der Waals surface area (Å²) in [7, 11) is 0. The Kier molecular flexibility index (Phi) is 7.60. The average Bonchev–Trinajstić information content (AvgIpc) is 3.28. The highest BCUT2D eigenvalue weighted by Gasteiger charge is 2.23. The lowest BCUT2D eigenvalue weighted by Gasteiger charge is -2.23. The van der Waals surface area contributed by atoms with Gasteiger partial charge in [0, 0.05) is 0 Å². The van der Waals surface area contributed by atoms with E-state index in [4.69, 9.17) is 0 Å². The van der Waals surface area contributed by atoms with E-state index in [0.29, 0.717) is 0 Å². The highest BCUT2D eigenvalue weighted by atomic mass is 14.3. The SMILES string of the molecule is c1ccc(-c2ccc3cc(-c4c5ccccc5c(-c5c6ccccc6c(-c6ccccc6-c6ccccc6)c6ccccc56)c5ccccc45)ccc3c2)cc1. The van der Waals surface area contributed by atoms with Crippen LogP contribution < -0.4 is 0 Å². The number of fused-ring (bicyclic) bond motifs is 5. The van der Waals surface area contributed by atoms with Crippen LogP contribution in [0.5, 0.6) is 0 Å². The third-order valence-electron chi connectivity index (χ3n) is 11.6. The van der Waals surface area contributed by atoms with Gasteiger partial charge in [0.05, 0.1) is 0 Å². The van der Waals surface area contributed by atoms with Crippen molar-refractivity contribution >= 4 is 53.9 Å². The highest BCUT2D eigenvalue weighted by Crippen LogP contribution is 2.51. The molecule has 0 amide bonds. The maximum absolute atomic E-state index is 2.38. The van der Waals surface area contributed by atoms with Crippen LogP contribution in [0.25, 0.3) is 109 Å². The Balaban J connectivity index is 1.20. The van der Waals surface area contributed by atoms with Gasteiger partial charge in [-0.3, -0.25) is 0 Å². The minimum absolute atomic E-state index is 1.22. The van der Waals surface area contributed by atoms with E-state index in [1.165, 1.54) is 109 Å². The van der Waals surface area contributed by atoms with Gasteiger partial charge in [-0.05, 0) is 122 Å². The van der Waals surface area contributed by atoms with E-state index in [9.17, 15) is 0 Å². The Bertz CT molecular complexity index is 3170. The summed E-state index contributed by atoms with van der Waals surface area (Å²) in [6, 6.07) is 80.3. The van der Waals surface area contributed by atoms with Gasteiger partial charge in [0.2, 0.25) is 0 Å². The maximum atomic E-state index is 2.38. The molecule has 0 saturated carbocycles. The Hall–Kier alpha value is -7.28. The van der Waals surface area contributed by atoms with Crippen LogP contribution in [0.3, 0.4) is 0 Å². The Morgan fingerprint density at radius 1 is 0.179 bits per heavy atom. The molecule has 260 valence electrons. The third kappa shape index (κ3) is 5.15. The van der Waals surface area contributed by atoms with Gasteiger partial charge in [0.1, 0.15) is 0 Å². The average molecular weight is 709 g/mol. The molecule has 11 rings (SSSR count). The lowest BCUT2D eigenvalue weighted by Crippen LogP contribution is -1.95. The molecule has 0 unspecified atom stereocenters. The largest absolute Gasteiger partial charge is 0.0622 e. The van der Waals surface area contributed by atoms with E-state index in [0.717, 1.165) is 0 Å². The van der Waals surface area contributed by atoms with Gasteiger partial charge in [0.15, 0.2) is 0 Å². The van der Waals surface area contributed by atoms with Crippen molar-refractivity contribution in [1.82, 2.24) is 0 Å². The second-order valence-corrected chi connectivity index (χ2v) is 14.7. The van der Waals surface area contributed by atoms with Crippen molar-refractivity contribution in [3.05, 3.63) is 218 Å². The topological polar surface area (TPSA) is 0 Å². The van der Waals surface area contributed by atoms with Crippen LogP contribution in [0.4, 0.5) is 0 Å². The van der Waals surface area contributed by atoms with E-state index < -0.39 is 0 Å². The molecule has 0 atom stereocenters. The summed E-state index contributed by atoms with van der Waals surface area (Å²) in [6.07, 6.45) is 0. The minimum atomic E-state index is 1.22. The molecular weight excluding hydrogens is 673 g/mol. The first-order valence-corrected chi connectivity index (χ1v) is 19.4.